The Morgan fingerprint density at radius 2 is 1.02 bits per heavy atom. The first-order chi connectivity index (χ1) is 25.8. The number of hydrogen-bond acceptors (Lipinski definition) is 7. The van der Waals surface area contributed by atoms with Crippen LogP contribution in [0.3, 0.4) is 0 Å². The molecular formula is C46H64O8Se2. The van der Waals surface area contributed by atoms with Crippen LogP contribution in [0.1, 0.15) is 126 Å². The second-order valence-electron chi connectivity index (χ2n) is 17.2. The minimum absolute atomic E-state index is 0.00281. The maximum absolute atomic E-state index is 11.6. The fourth-order valence-corrected chi connectivity index (χ4v) is 8.04. The summed E-state index contributed by atoms with van der Waals surface area (Å²) in [6.45, 7) is 32.2. The van der Waals surface area contributed by atoms with Crippen molar-refractivity contribution < 1.29 is 38.4 Å². The first-order valence-electron chi connectivity index (χ1n) is 18.5. The summed E-state index contributed by atoms with van der Waals surface area (Å²) in [6, 6.07) is 8.81. The zero-order valence-corrected chi connectivity index (χ0v) is 40.1. The molecule has 0 amide bonds. The number of rotatable bonds is 11. The van der Waals surface area contributed by atoms with Crippen LogP contribution in [0.25, 0.3) is 0 Å². The van der Waals surface area contributed by atoms with Crippen LogP contribution in [0.2, 0.25) is 0 Å². The topological polar surface area (TPSA) is 101 Å². The van der Waals surface area contributed by atoms with E-state index in [2.05, 4.69) is 129 Å². The third-order valence-electron chi connectivity index (χ3n) is 7.88. The number of carboxylic acids is 1. The molecule has 0 heterocycles. The molecule has 0 fully saturated rings. The monoisotopic (exact) mass is 904 g/mol. The molecule has 0 saturated carbocycles. The first kappa shape index (κ1) is 50.6. The molecule has 10 heteroatoms. The molecule has 0 aliphatic heterocycles. The van der Waals surface area contributed by atoms with Gasteiger partial charge >= 0.3 is 352 Å². The summed E-state index contributed by atoms with van der Waals surface area (Å²) >= 11 is -0.327. The number of hydrogen-bond donors (Lipinski definition) is 1. The van der Waals surface area contributed by atoms with Gasteiger partial charge in [-0.2, -0.15) is 0 Å². The summed E-state index contributed by atoms with van der Waals surface area (Å²) in [5, 5.41) is 8.82. The molecule has 308 valence electrons. The van der Waals surface area contributed by atoms with E-state index in [9.17, 15) is 9.59 Å². The summed E-state index contributed by atoms with van der Waals surface area (Å²) in [5.41, 5.74) is 5.82. The number of methoxy groups -OCH3 is 2. The van der Waals surface area contributed by atoms with Gasteiger partial charge in [0.1, 0.15) is 0 Å². The molecule has 0 bridgehead atoms. The van der Waals surface area contributed by atoms with Crippen LogP contribution < -0.4 is 18.4 Å². The molecule has 1 N–H and O–H groups in total. The van der Waals surface area contributed by atoms with Gasteiger partial charge < -0.3 is 0 Å². The van der Waals surface area contributed by atoms with Crippen molar-refractivity contribution in [2.45, 2.75) is 126 Å². The summed E-state index contributed by atoms with van der Waals surface area (Å²) in [4.78, 5) is 28.7. The third kappa shape index (κ3) is 17.8. The molecular weight excluding hydrogens is 838 g/mol. The van der Waals surface area contributed by atoms with E-state index >= 15 is 0 Å². The third-order valence-corrected chi connectivity index (χ3v) is 10.9. The number of aliphatic carboxylic acids is 1. The van der Waals surface area contributed by atoms with Crippen molar-refractivity contribution in [3.05, 3.63) is 69.8 Å². The zero-order chi connectivity index (χ0) is 43.1. The fraction of sp³-hybridized carbons (Fsp3) is 0.522. The predicted molar refractivity (Wildman–Crippen MR) is 231 cm³/mol. The minimum atomic E-state index is -0.983. The van der Waals surface area contributed by atoms with Crippen LogP contribution in [0.15, 0.2) is 47.6 Å². The molecule has 2 aromatic rings. The van der Waals surface area contributed by atoms with Gasteiger partial charge in [-0.3, -0.25) is 0 Å². The number of benzene rings is 2. The van der Waals surface area contributed by atoms with Crippen molar-refractivity contribution in [1.29, 1.82) is 0 Å². The van der Waals surface area contributed by atoms with E-state index in [1.807, 2.05) is 6.92 Å². The molecule has 2 aromatic carbocycles. The van der Waals surface area contributed by atoms with Gasteiger partial charge in [-0.25, -0.2) is 0 Å². The van der Waals surface area contributed by atoms with E-state index in [1.54, 1.807) is 28.1 Å². The van der Waals surface area contributed by atoms with Crippen molar-refractivity contribution in [1.82, 2.24) is 0 Å². The molecule has 0 aliphatic rings. The summed E-state index contributed by atoms with van der Waals surface area (Å²) in [7, 11) is 3.22. The molecule has 0 aromatic heterocycles. The van der Waals surface area contributed by atoms with Crippen molar-refractivity contribution in [2.75, 3.05) is 34.4 Å². The van der Waals surface area contributed by atoms with Crippen LogP contribution in [0, 0.1) is 21.5 Å². The van der Waals surface area contributed by atoms with Gasteiger partial charge in [0, 0.05) is 0 Å². The number of carbonyl (C=O) groups excluding carboxylic acids is 1. The summed E-state index contributed by atoms with van der Waals surface area (Å²) in [6.07, 6.45) is 2.55. The van der Waals surface area contributed by atoms with E-state index < -0.39 is 5.97 Å². The van der Waals surface area contributed by atoms with Gasteiger partial charge in [-0.1, -0.05) is 0 Å². The Morgan fingerprint density at radius 1 is 0.643 bits per heavy atom. The second kappa shape index (κ2) is 22.5. The Hall–Kier alpha value is -3.46. The number of allylic oxidation sites excluding steroid dienone is 2. The van der Waals surface area contributed by atoms with Gasteiger partial charge in [0.25, 0.3) is 0 Å². The Bertz CT molecular complexity index is 1840. The SMILES string of the molecule is CCOC(=O)C=C(C)C#C[Se]c1cc(C(C)(C)C)cc(C(C)(C)C)c1OCOC.COCOc1c([Se]C#CC(C)=CC(=O)O)cc(C(C)(C)C)cc1C(C)(C)C. The summed E-state index contributed by atoms with van der Waals surface area (Å²) in [5.74, 6) is 6.34. The van der Waals surface area contributed by atoms with E-state index in [-0.39, 0.29) is 71.1 Å². The quantitative estimate of drug-likeness (QED) is 0.0808. The Balaban J connectivity index is 0.000000561. The van der Waals surface area contributed by atoms with Crippen LogP contribution in [0.5, 0.6) is 11.5 Å². The van der Waals surface area contributed by atoms with Crippen LogP contribution in [-0.4, -0.2) is 81.4 Å². The van der Waals surface area contributed by atoms with Crippen molar-refractivity contribution >= 4 is 50.8 Å². The normalized spacial score (nSPS) is 12.3. The van der Waals surface area contributed by atoms with E-state index in [0.717, 1.165) is 37.6 Å². The maximum atomic E-state index is 11.6. The van der Waals surface area contributed by atoms with Gasteiger partial charge in [-0.05, 0) is 0 Å². The number of carbonyl (C=O) groups is 2. The Kier molecular flexibility index (Phi) is 20.3. The van der Waals surface area contributed by atoms with Crippen molar-refractivity contribution in [3.63, 3.8) is 0 Å². The average Bonchev–Trinajstić information content (AvgIpc) is 3.04. The number of esters is 1. The van der Waals surface area contributed by atoms with Crippen LogP contribution in [-0.2, 0) is 45.5 Å². The van der Waals surface area contributed by atoms with E-state index in [1.165, 1.54) is 17.2 Å². The number of carboxylic acid groups (broad SMARTS) is 1. The van der Waals surface area contributed by atoms with Crippen molar-refractivity contribution in [3.8, 4) is 33.0 Å². The molecule has 0 saturated heterocycles. The van der Waals surface area contributed by atoms with Gasteiger partial charge in [0.15, 0.2) is 0 Å². The molecule has 0 unspecified atom stereocenters. The molecule has 8 nitrogen and oxygen atoms in total. The molecule has 0 atom stereocenters. The molecule has 0 spiro atoms. The molecule has 2 rings (SSSR count). The van der Waals surface area contributed by atoms with Crippen molar-refractivity contribution in [2.24, 2.45) is 0 Å². The van der Waals surface area contributed by atoms with Gasteiger partial charge in [0.05, 0.1) is 0 Å². The molecule has 56 heavy (non-hydrogen) atoms. The first-order valence-corrected chi connectivity index (χ1v) is 21.9. The zero-order valence-electron chi connectivity index (χ0n) is 36.7. The van der Waals surface area contributed by atoms with Gasteiger partial charge in [0.2, 0.25) is 0 Å². The van der Waals surface area contributed by atoms with Crippen LogP contribution >= 0.6 is 0 Å². The standard InChI is InChI=1S/C24H34O4Se.C22H30O4Se/c1-10-27-21(25)13-17(2)11-12-29-20-15-18(23(3,4)5)14-19(24(6,7)8)22(20)28-16-26-9;1-15(11-19(23)24)9-10-27-18-13-16(21(2,3)4)12-17(22(5,6)7)20(18)26-14-25-8/h13-15H,10,16H2,1-9H3;11-13H,14H2,1-8H3,(H,23,24). The Morgan fingerprint density at radius 3 is 1.32 bits per heavy atom. The average molecular weight is 903 g/mol. The number of ether oxygens (including phenoxy) is 5. The van der Waals surface area contributed by atoms with E-state index in [0.29, 0.717) is 17.8 Å². The fourth-order valence-electron chi connectivity index (χ4n) is 4.81. The Labute approximate surface area is 350 Å². The van der Waals surface area contributed by atoms with Crippen LogP contribution in [0.4, 0.5) is 0 Å². The molecule has 0 radical (unpaired) electrons. The van der Waals surface area contributed by atoms with E-state index in [4.69, 9.17) is 28.8 Å². The predicted octanol–water partition coefficient (Wildman–Crippen LogP) is 7.65. The second-order valence-corrected chi connectivity index (χ2v) is 20.8. The van der Waals surface area contributed by atoms with Gasteiger partial charge in [-0.15, -0.1) is 0 Å². The summed E-state index contributed by atoms with van der Waals surface area (Å²) < 4.78 is 29.3. The molecule has 0 aliphatic carbocycles.